The van der Waals surface area contributed by atoms with Crippen LogP contribution in [0.2, 0.25) is 0 Å². The van der Waals surface area contributed by atoms with Gasteiger partial charge in [-0.15, -0.1) is 0 Å². The molecule has 0 amide bonds. The van der Waals surface area contributed by atoms with Gasteiger partial charge in [0.15, 0.2) is 0 Å². The molecule has 3 nitrogen and oxygen atoms in total. The van der Waals surface area contributed by atoms with Crippen LogP contribution in [0.25, 0.3) is 0 Å². The van der Waals surface area contributed by atoms with Crippen molar-refractivity contribution in [1.29, 1.82) is 0 Å². The number of benzene rings is 1. The molecule has 1 N–H and O–H groups in total. The fourth-order valence-electron chi connectivity index (χ4n) is 1.14. The van der Waals surface area contributed by atoms with Gasteiger partial charge in [-0.1, -0.05) is 37.9 Å². The van der Waals surface area contributed by atoms with Crippen LogP contribution in [0, 0.1) is 0 Å². The first-order chi connectivity index (χ1) is 7.56. The zero-order valence-corrected chi connectivity index (χ0v) is 12.6. The van der Waals surface area contributed by atoms with Gasteiger partial charge in [0, 0.05) is 16.3 Å². The van der Waals surface area contributed by atoms with Gasteiger partial charge in [-0.2, -0.15) is 0 Å². The van der Waals surface area contributed by atoms with E-state index in [-0.39, 0.29) is 0 Å². The lowest BCUT2D eigenvalue weighted by Gasteiger charge is -2.06. The first kappa shape index (κ1) is 14.2. The molecule has 16 heavy (non-hydrogen) atoms. The molecule has 0 radical (unpaired) electrons. The van der Waals surface area contributed by atoms with Gasteiger partial charge in [0.1, 0.15) is 0 Å². The van der Waals surface area contributed by atoms with Gasteiger partial charge in [0.2, 0.25) is 10.0 Å². The second kappa shape index (κ2) is 6.74. The molecule has 0 aliphatic carbocycles. The maximum Gasteiger partial charge on any atom is 0.240 e. The third kappa shape index (κ3) is 4.53. The standard InChI is InChI=1S/C10H13Br2NO2S/c11-6-1-2-7-13-16(14,15)10-5-3-4-9(12)8-10/h3-5,8,13H,1-2,6-7H2. The van der Waals surface area contributed by atoms with Crippen LogP contribution in [0.5, 0.6) is 0 Å². The number of unbranched alkanes of at least 4 members (excludes halogenated alkanes) is 1. The summed E-state index contributed by atoms with van der Waals surface area (Å²) in [6, 6.07) is 6.67. The van der Waals surface area contributed by atoms with Crippen LogP contribution in [0.15, 0.2) is 33.6 Å². The Bertz CT molecular complexity index is 434. The molecular weight excluding hydrogens is 358 g/mol. The molecule has 0 aliphatic rings. The first-order valence-electron chi connectivity index (χ1n) is 4.87. The summed E-state index contributed by atoms with van der Waals surface area (Å²) < 4.78 is 26.9. The SMILES string of the molecule is O=S(=O)(NCCCCBr)c1cccc(Br)c1. The summed E-state index contributed by atoms with van der Waals surface area (Å²) >= 11 is 6.55. The van der Waals surface area contributed by atoms with Crippen molar-refractivity contribution >= 4 is 41.9 Å². The quantitative estimate of drug-likeness (QED) is 0.618. The number of sulfonamides is 1. The summed E-state index contributed by atoms with van der Waals surface area (Å²) in [6.45, 7) is 0.473. The average molecular weight is 371 g/mol. The van der Waals surface area contributed by atoms with Crippen LogP contribution in [0.1, 0.15) is 12.8 Å². The number of nitrogens with one attached hydrogen (secondary N) is 1. The Balaban J connectivity index is 2.64. The maximum absolute atomic E-state index is 11.8. The minimum Gasteiger partial charge on any atom is -0.211 e. The van der Waals surface area contributed by atoms with Crippen LogP contribution in [-0.2, 0) is 10.0 Å². The molecule has 0 aliphatic heterocycles. The highest BCUT2D eigenvalue weighted by atomic mass is 79.9. The maximum atomic E-state index is 11.8. The van der Waals surface area contributed by atoms with Gasteiger partial charge in [-0.05, 0) is 31.0 Å². The van der Waals surface area contributed by atoms with Crippen molar-refractivity contribution in [2.45, 2.75) is 17.7 Å². The number of hydrogen-bond donors (Lipinski definition) is 1. The fraction of sp³-hybridized carbons (Fsp3) is 0.400. The van der Waals surface area contributed by atoms with E-state index in [9.17, 15) is 8.42 Å². The van der Waals surface area contributed by atoms with E-state index in [2.05, 4.69) is 36.6 Å². The predicted molar refractivity (Wildman–Crippen MR) is 72.4 cm³/mol. The summed E-state index contributed by atoms with van der Waals surface area (Å²) in [4.78, 5) is 0.292. The average Bonchev–Trinajstić information content (AvgIpc) is 2.24. The molecule has 6 heteroatoms. The van der Waals surface area contributed by atoms with Gasteiger partial charge >= 0.3 is 0 Å². The van der Waals surface area contributed by atoms with Crippen LogP contribution in [0.4, 0.5) is 0 Å². The molecule has 0 unspecified atom stereocenters. The largest absolute Gasteiger partial charge is 0.240 e. The molecule has 0 atom stereocenters. The zero-order chi connectivity index (χ0) is 12.0. The zero-order valence-electron chi connectivity index (χ0n) is 8.62. The lowest BCUT2D eigenvalue weighted by molar-refractivity contribution is 0.578. The lowest BCUT2D eigenvalue weighted by Crippen LogP contribution is -2.24. The number of alkyl halides is 1. The minimum absolute atomic E-state index is 0.292. The fourth-order valence-corrected chi connectivity index (χ4v) is 3.21. The second-order valence-electron chi connectivity index (χ2n) is 3.25. The summed E-state index contributed by atoms with van der Waals surface area (Å²) in [5.41, 5.74) is 0. The molecule has 0 saturated heterocycles. The highest BCUT2D eigenvalue weighted by Crippen LogP contribution is 2.15. The molecular formula is C10H13Br2NO2S. The van der Waals surface area contributed by atoms with Gasteiger partial charge < -0.3 is 0 Å². The van der Waals surface area contributed by atoms with Gasteiger partial charge in [-0.25, -0.2) is 13.1 Å². The lowest BCUT2D eigenvalue weighted by atomic mass is 10.3. The van der Waals surface area contributed by atoms with E-state index in [4.69, 9.17) is 0 Å². The van der Waals surface area contributed by atoms with E-state index in [0.29, 0.717) is 11.4 Å². The second-order valence-corrected chi connectivity index (χ2v) is 6.73. The van der Waals surface area contributed by atoms with Crippen molar-refractivity contribution in [2.24, 2.45) is 0 Å². The minimum atomic E-state index is -3.36. The number of halogens is 2. The van der Waals surface area contributed by atoms with Gasteiger partial charge in [-0.3, -0.25) is 0 Å². The Morgan fingerprint density at radius 2 is 2.00 bits per heavy atom. The topological polar surface area (TPSA) is 46.2 Å². The van der Waals surface area contributed by atoms with Crippen LogP contribution >= 0.6 is 31.9 Å². The van der Waals surface area contributed by atoms with Crippen LogP contribution < -0.4 is 4.72 Å². The highest BCUT2D eigenvalue weighted by Gasteiger charge is 2.12. The third-order valence-corrected chi connectivity index (χ3v) is 4.47. The van der Waals surface area contributed by atoms with E-state index >= 15 is 0 Å². The Labute approximate surface area is 113 Å². The molecule has 90 valence electrons. The Hall–Kier alpha value is 0.0900. The van der Waals surface area contributed by atoms with Crippen molar-refractivity contribution in [3.63, 3.8) is 0 Å². The van der Waals surface area contributed by atoms with E-state index in [0.717, 1.165) is 22.6 Å². The Kier molecular flexibility index (Phi) is 5.96. The van der Waals surface area contributed by atoms with E-state index < -0.39 is 10.0 Å². The van der Waals surface area contributed by atoms with Crippen molar-refractivity contribution in [3.05, 3.63) is 28.7 Å². The molecule has 0 saturated carbocycles. The normalized spacial score (nSPS) is 11.6. The smallest absolute Gasteiger partial charge is 0.211 e. The monoisotopic (exact) mass is 369 g/mol. The van der Waals surface area contributed by atoms with E-state index in [1.165, 1.54) is 0 Å². The summed E-state index contributed by atoms with van der Waals surface area (Å²) in [5, 5.41) is 0.894. The molecule has 1 aromatic carbocycles. The molecule has 1 rings (SSSR count). The van der Waals surface area contributed by atoms with Crippen molar-refractivity contribution in [2.75, 3.05) is 11.9 Å². The van der Waals surface area contributed by atoms with Gasteiger partial charge in [0.05, 0.1) is 4.90 Å². The van der Waals surface area contributed by atoms with Crippen LogP contribution in [0.3, 0.4) is 0 Å². The summed E-state index contributed by atoms with van der Waals surface area (Å²) in [7, 11) is -3.36. The molecule has 0 fully saturated rings. The number of hydrogen-bond acceptors (Lipinski definition) is 2. The van der Waals surface area contributed by atoms with Gasteiger partial charge in [0.25, 0.3) is 0 Å². The van der Waals surface area contributed by atoms with E-state index in [1.54, 1.807) is 24.3 Å². The first-order valence-corrected chi connectivity index (χ1v) is 8.27. The molecule has 0 heterocycles. The molecule has 1 aromatic rings. The van der Waals surface area contributed by atoms with Crippen LogP contribution in [-0.4, -0.2) is 20.3 Å². The number of rotatable bonds is 6. The Morgan fingerprint density at radius 3 is 2.62 bits per heavy atom. The predicted octanol–water partition coefficient (Wildman–Crippen LogP) is 2.90. The molecule has 0 spiro atoms. The van der Waals surface area contributed by atoms with Crippen molar-refractivity contribution in [1.82, 2.24) is 4.72 Å². The van der Waals surface area contributed by atoms with Crippen molar-refractivity contribution < 1.29 is 8.42 Å². The molecule has 0 aromatic heterocycles. The molecule has 0 bridgehead atoms. The Morgan fingerprint density at radius 1 is 1.25 bits per heavy atom. The third-order valence-electron chi connectivity index (χ3n) is 1.96. The highest BCUT2D eigenvalue weighted by molar-refractivity contribution is 9.10. The van der Waals surface area contributed by atoms with Crippen molar-refractivity contribution in [3.8, 4) is 0 Å². The van der Waals surface area contributed by atoms with E-state index in [1.807, 2.05) is 0 Å². The summed E-state index contributed by atoms with van der Waals surface area (Å²) in [5.74, 6) is 0. The summed E-state index contributed by atoms with van der Waals surface area (Å²) in [6.07, 6.45) is 1.79.